The number of fused-ring (bicyclic) bond motifs is 8. The molecule has 1 unspecified atom stereocenters. The molecule has 4 N–H and O–H groups in total. The van der Waals surface area contributed by atoms with Gasteiger partial charge in [0.1, 0.15) is 17.4 Å². The van der Waals surface area contributed by atoms with Crippen molar-refractivity contribution in [1.29, 1.82) is 0 Å². The summed E-state index contributed by atoms with van der Waals surface area (Å²) in [5.41, 5.74) is 3.55. The van der Waals surface area contributed by atoms with Gasteiger partial charge in [-0.15, -0.1) is 11.3 Å². The fraction of sp³-hybridized carbons (Fsp3) is 0.235. The van der Waals surface area contributed by atoms with E-state index in [9.17, 15) is 24.3 Å². The molecule has 4 aliphatic heterocycles. The SMILES string of the molecule is Cc1cc2c(s1)C1(O)OC(=O)[C@@H]3[C@H](C(=O)Nc4ccc(CNC(=S)Nc5ccc6c(c5)C(=O)OC65c6ccc(N(C)C)cc6Oc6cc(N(C)C)ccc65)cc4)[C@H](c4ccc(Br)c(Br)c4)O[C@@]31C2=O. The second-order valence-electron chi connectivity index (χ2n) is 18.0. The highest BCUT2D eigenvalue weighted by Crippen LogP contribution is 2.66. The van der Waals surface area contributed by atoms with Crippen LogP contribution >= 0.6 is 55.4 Å². The van der Waals surface area contributed by atoms with Gasteiger partial charge in [-0.3, -0.25) is 14.4 Å². The van der Waals surface area contributed by atoms with Gasteiger partial charge >= 0.3 is 11.9 Å². The standard InChI is InChI=1S/C51H41Br2N5O9S2/c1-24-18-32-43(59)50-41(47(62)67-51(50,63)44(32)69-24)40(42(65-50)26-8-17-36(52)37(53)19-26)45(60)55-27-9-6-25(7-10-27)23-54-48(68)56-28-11-14-33-31(20-28)46(61)66-49(33)34-15-12-29(57(2)3)21-38(34)64-39-22-30(58(4)5)13-16-35(39)49/h6-22,40-42,63H,23H2,1-5H3,(H,55,60)(H2,54,56,68)/t40-,41-,42-,50+,51?/m0/s1. The van der Waals surface area contributed by atoms with E-state index < -0.39 is 58.6 Å². The third kappa shape index (κ3) is 6.77. The van der Waals surface area contributed by atoms with Crippen LogP contribution in [0.25, 0.3) is 0 Å². The van der Waals surface area contributed by atoms with Crippen LogP contribution in [0.4, 0.5) is 22.7 Å². The van der Waals surface area contributed by atoms with Crippen molar-refractivity contribution < 1.29 is 43.2 Å². The molecule has 2 spiro atoms. The van der Waals surface area contributed by atoms with Crippen LogP contribution in [0.15, 0.2) is 112 Å². The molecule has 1 aromatic heterocycles. The Labute approximate surface area is 422 Å². The molecule has 5 atom stereocenters. The van der Waals surface area contributed by atoms with Crippen LogP contribution in [-0.2, 0) is 41.7 Å². The van der Waals surface area contributed by atoms with Crippen LogP contribution in [0.2, 0.25) is 0 Å². The van der Waals surface area contributed by atoms with E-state index in [1.165, 1.54) is 0 Å². The van der Waals surface area contributed by atoms with Crippen molar-refractivity contribution in [2.24, 2.45) is 11.8 Å². The van der Waals surface area contributed by atoms with Crippen LogP contribution < -0.4 is 30.5 Å². The molecule has 2 fully saturated rings. The van der Waals surface area contributed by atoms with Crippen LogP contribution in [0, 0.1) is 18.8 Å². The number of halogens is 2. The maximum Gasteiger partial charge on any atom is 0.340 e. The number of esters is 2. The Hall–Kier alpha value is -6.15. The number of carbonyl (C=O) groups excluding carboxylic acids is 4. The smallest absolute Gasteiger partial charge is 0.340 e. The molecule has 0 saturated carbocycles. The second-order valence-corrected chi connectivity index (χ2v) is 21.4. The van der Waals surface area contributed by atoms with Crippen molar-refractivity contribution in [2.45, 2.75) is 36.6 Å². The fourth-order valence-corrected chi connectivity index (χ4v) is 12.2. The predicted molar refractivity (Wildman–Crippen MR) is 270 cm³/mol. The van der Waals surface area contributed by atoms with Crippen LogP contribution in [0.5, 0.6) is 11.5 Å². The highest BCUT2D eigenvalue weighted by molar-refractivity contribution is 9.13. The van der Waals surface area contributed by atoms with Gasteiger partial charge in [0.05, 0.1) is 22.5 Å². The zero-order valence-electron chi connectivity index (χ0n) is 37.4. The van der Waals surface area contributed by atoms with Crippen molar-refractivity contribution >= 4 is 107 Å². The van der Waals surface area contributed by atoms with E-state index in [1.807, 2.05) is 98.7 Å². The molecule has 69 heavy (non-hydrogen) atoms. The molecule has 6 aromatic rings. The lowest BCUT2D eigenvalue weighted by Gasteiger charge is -2.37. The van der Waals surface area contributed by atoms with E-state index in [1.54, 1.807) is 49.4 Å². The van der Waals surface area contributed by atoms with E-state index in [4.69, 9.17) is 31.2 Å². The lowest BCUT2D eigenvalue weighted by molar-refractivity contribution is -0.251. The van der Waals surface area contributed by atoms with Crippen molar-refractivity contribution in [3.05, 3.63) is 161 Å². The first-order valence-electron chi connectivity index (χ1n) is 21.8. The number of hydrogen-bond donors (Lipinski definition) is 4. The number of aliphatic hydroxyl groups is 1. The lowest BCUT2D eigenvalue weighted by Crippen LogP contribution is -2.53. The summed E-state index contributed by atoms with van der Waals surface area (Å²) in [6.07, 6.45) is -1.10. The molecule has 0 bridgehead atoms. The number of thiocarbonyl (C=S) groups is 1. The van der Waals surface area contributed by atoms with Gasteiger partial charge in [0.15, 0.2) is 10.7 Å². The van der Waals surface area contributed by atoms with E-state index in [0.29, 0.717) is 55.7 Å². The number of ether oxygens (including phenoxy) is 4. The van der Waals surface area contributed by atoms with E-state index in [0.717, 1.165) is 48.8 Å². The van der Waals surface area contributed by atoms with Gasteiger partial charge in [-0.25, -0.2) is 4.79 Å². The monoisotopic (exact) mass is 1090 g/mol. The van der Waals surface area contributed by atoms with E-state index >= 15 is 0 Å². The summed E-state index contributed by atoms with van der Waals surface area (Å²) in [7, 11) is 7.82. The summed E-state index contributed by atoms with van der Waals surface area (Å²) in [4.78, 5) is 61.3. The Morgan fingerprint density at radius 1 is 0.768 bits per heavy atom. The Kier molecular flexibility index (Phi) is 10.6. The normalized spacial score (nSPS) is 22.8. The molecule has 11 rings (SSSR count). The number of nitrogens with zero attached hydrogens (tertiary/aromatic N) is 2. The number of Topliss-reactive ketones (excluding diaryl/α,β-unsaturated/α-hetero) is 1. The number of benzene rings is 5. The number of anilines is 4. The van der Waals surface area contributed by atoms with Crippen LogP contribution in [0.3, 0.4) is 0 Å². The first-order valence-corrected chi connectivity index (χ1v) is 24.6. The summed E-state index contributed by atoms with van der Waals surface area (Å²) in [6, 6.07) is 31.2. The van der Waals surface area contributed by atoms with Crippen LogP contribution in [-0.4, -0.2) is 67.6 Å². The number of thiophene rings is 1. The van der Waals surface area contributed by atoms with Gasteiger partial charge in [0.25, 0.3) is 5.79 Å². The number of rotatable bonds is 8. The van der Waals surface area contributed by atoms with Crippen molar-refractivity contribution in [3.63, 3.8) is 0 Å². The minimum absolute atomic E-state index is 0.188. The molecular weight excluding hydrogens is 1050 g/mol. The highest BCUT2D eigenvalue weighted by Gasteiger charge is 2.83. The molecular formula is C51H41Br2N5O9S2. The first-order chi connectivity index (χ1) is 32.9. The second kappa shape index (κ2) is 16.2. The third-order valence-electron chi connectivity index (χ3n) is 13.5. The van der Waals surface area contributed by atoms with Gasteiger partial charge in [0, 0.05) is 106 Å². The molecule has 1 aliphatic carbocycles. The maximum atomic E-state index is 14.4. The molecule has 14 nitrogen and oxygen atoms in total. The number of ketones is 1. The average molecular weight is 1090 g/mol. The zero-order valence-corrected chi connectivity index (χ0v) is 42.2. The Bertz CT molecular complexity index is 3190. The summed E-state index contributed by atoms with van der Waals surface area (Å²) in [5, 5.41) is 21.7. The Morgan fingerprint density at radius 3 is 2.07 bits per heavy atom. The number of amides is 1. The maximum absolute atomic E-state index is 14.4. The molecule has 1 amide bonds. The van der Waals surface area contributed by atoms with Crippen molar-refractivity contribution in [1.82, 2.24) is 5.32 Å². The lowest BCUT2D eigenvalue weighted by atomic mass is 9.75. The minimum Gasteiger partial charge on any atom is -0.456 e. The third-order valence-corrected chi connectivity index (χ3v) is 16.8. The van der Waals surface area contributed by atoms with Crippen molar-refractivity contribution in [2.75, 3.05) is 48.6 Å². The van der Waals surface area contributed by atoms with Crippen molar-refractivity contribution in [3.8, 4) is 11.5 Å². The molecule has 5 aliphatic rings. The van der Waals surface area contributed by atoms with Gasteiger partial charge in [0.2, 0.25) is 17.3 Å². The fourth-order valence-electron chi connectivity index (χ4n) is 10.2. The summed E-state index contributed by atoms with van der Waals surface area (Å²) in [6.45, 7) is 2.10. The van der Waals surface area contributed by atoms with Gasteiger partial charge < -0.3 is 49.8 Å². The van der Waals surface area contributed by atoms with E-state index in [2.05, 4.69) is 47.8 Å². The van der Waals surface area contributed by atoms with Gasteiger partial charge in [-0.1, -0.05) is 24.3 Å². The molecule has 2 saturated heterocycles. The molecule has 350 valence electrons. The summed E-state index contributed by atoms with van der Waals surface area (Å²) < 4.78 is 26.5. The molecule has 18 heteroatoms. The summed E-state index contributed by atoms with van der Waals surface area (Å²) >= 11 is 13.8. The Morgan fingerprint density at radius 2 is 1.42 bits per heavy atom. The van der Waals surface area contributed by atoms with Gasteiger partial charge in [-0.05, 0) is 129 Å². The minimum atomic E-state index is -2.39. The number of carbonyl (C=O) groups is 4. The quantitative estimate of drug-likeness (QED) is 0.0842. The predicted octanol–water partition coefficient (Wildman–Crippen LogP) is 9.05. The first kappa shape index (κ1) is 45.3. The zero-order chi connectivity index (χ0) is 48.5. The Balaban J connectivity index is 0.799. The average Bonchev–Trinajstić information content (AvgIpc) is 4.07. The highest BCUT2D eigenvalue weighted by atomic mass is 79.9. The topological polar surface area (TPSA) is 168 Å². The molecule has 5 aromatic carbocycles. The number of nitrogens with one attached hydrogen (secondary N) is 3. The largest absolute Gasteiger partial charge is 0.456 e. The summed E-state index contributed by atoms with van der Waals surface area (Å²) in [5.74, 6) is -6.48. The molecule has 0 radical (unpaired) electrons. The number of aryl methyl sites for hydroxylation is 1. The molecule has 5 heterocycles. The van der Waals surface area contributed by atoms with Crippen LogP contribution in [0.1, 0.15) is 64.4 Å². The number of hydrogen-bond acceptors (Lipinski definition) is 13. The van der Waals surface area contributed by atoms with E-state index in [-0.39, 0.29) is 10.4 Å². The van der Waals surface area contributed by atoms with Gasteiger partial charge in [-0.2, -0.15) is 0 Å².